The monoisotopic (exact) mass is 841 g/mol. The fourth-order valence-electron chi connectivity index (χ4n) is 11.1. The third-order valence-corrected chi connectivity index (χ3v) is 14.5. The molecule has 0 aromatic heterocycles. The molecule has 6 atom stereocenters. The van der Waals surface area contributed by atoms with Crippen LogP contribution in [0.25, 0.3) is 0 Å². The predicted molar refractivity (Wildman–Crippen MR) is 228 cm³/mol. The van der Waals surface area contributed by atoms with Gasteiger partial charge in [0.15, 0.2) is 13.2 Å². The van der Waals surface area contributed by atoms with Crippen LogP contribution >= 0.6 is 11.6 Å². The summed E-state index contributed by atoms with van der Waals surface area (Å²) in [5.41, 5.74) is -0.486. The van der Waals surface area contributed by atoms with Gasteiger partial charge in [0.2, 0.25) is 0 Å². The normalized spacial score (nSPS) is 32.4. The molecule has 6 heterocycles. The summed E-state index contributed by atoms with van der Waals surface area (Å²) in [6.07, 6.45) is 16.0. The summed E-state index contributed by atoms with van der Waals surface area (Å²) in [5, 5.41) is 9.97. The van der Waals surface area contributed by atoms with Gasteiger partial charge in [0.05, 0.1) is 24.2 Å². The molecule has 0 aromatic rings. The zero-order valence-corrected chi connectivity index (χ0v) is 36.8. The lowest BCUT2D eigenvalue weighted by atomic mass is 9.88. The van der Waals surface area contributed by atoms with Crippen molar-refractivity contribution in [2.45, 2.75) is 165 Å². The van der Waals surface area contributed by atoms with Crippen molar-refractivity contribution in [3.63, 3.8) is 0 Å². The molecule has 2 unspecified atom stereocenters. The summed E-state index contributed by atoms with van der Waals surface area (Å²) in [5.74, 6) is 10.6. The molecule has 14 nitrogen and oxygen atoms in total. The van der Waals surface area contributed by atoms with E-state index in [0.29, 0.717) is 48.3 Å². The molecule has 8 aliphatic rings. The quantitative estimate of drug-likeness (QED) is 0.239. The second-order valence-electron chi connectivity index (χ2n) is 18.1. The van der Waals surface area contributed by atoms with Gasteiger partial charge in [-0.05, 0) is 98.4 Å². The summed E-state index contributed by atoms with van der Waals surface area (Å²) < 4.78 is 9.47. The average Bonchev–Trinajstić information content (AvgIpc) is 4.02. The maximum atomic E-state index is 12.6. The van der Waals surface area contributed by atoms with Gasteiger partial charge in [-0.2, -0.15) is 0 Å². The molecule has 0 bridgehead atoms. The first-order valence-corrected chi connectivity index (χ1v) is 22.8. The van der Waals surface area contributed by atoms with Crippen molar-refractivity contribution in [2.24, 2.45) is 0 Å². The molecule has 2 saturated carbocycles. The van der Waals surface area contributed by atoms with Gasteiger partial charge in [0.1, 0.15) is 0 Å². The Morgan fingerprint density at radius 1 is 0.695 bits per heavy atom. The minimum Gasteiger partial charge on any atom is -0.441 e. The molecule has 15 heteroatoms. The summed E-state index contributed by atoms with van der Waals surface area (Å²) in [6, 6.07) is 2.82. The second kappa shape index (κ2) is 20.9. The van der Waals surface area contributed by atoms with E-state index in [1.165, 1.54) is 44.9 Å². The van der Waals surface area contributed by atoms with Gasteiger partial charge >= 0.3 is 23.6 Å². The van der Waals surface area contributed by atoms with E-state index in [1.54, 1.807) is 13.8 Å². The van der Waals surface area contributed by atoms with Crippen LogP contribution in [0.5, 0.6) is 0 Å². The molecule has 59 heavy (non-hydrogen) atoms. The number of hydrogen-bond acceptors (Lipinski definition) is 9. The van der Waals surface area contributed by atoms with Gasteiger partial charge in [-0.25, -0.2) is 19.2 Å². The average molecular weight is 842 g/mol. The molecule has 8 fully saturated rings. The van der Waals surface area contributed by atoms with E-state index in [-0.39, 0.29) is 36.9 Å². The molecule has 8 rings (SSSR count). The van der Waals surface area contributed by atoms with Crippen LogP contribution in [0, 0.1) is 23.7 Å². The molecule has 3 N–H and O–H groups in total. The van der Waals surface area contributed by atoms with Crippen molar-refractivity contribution in [1.82, 2.24) is 40.4 Å². The number of halogens is 1. The first-order valence-electron chi connectivity index (χ1n) is 22.4. The number of carbonyl (C=O) groups is 4. The Morgan fingerprint density at radius 2 is 1.19 bits per heavy atom. The van der Waals surface area contributed by atoms with Gasteiger partial charge in [-0.1, -0.05) is 37.5 Å². The van der Waals surface area contributed by atoms with Crippen molar-refractivity contribution in [3.8, 4) is 23.7 Å². The number of nitrogens with zero attached hydrogens (tertiary/aromatic N) is 5. The number of ether oxygens (including phenoxy) is 2. The lowest BCUT2D eigenvalue weighted by molar-refractivity contribution is 0.0430. The van der Waals surface area contributed by atoms with Crippen LogP contribution in [-0.2, 0) is 9.47 Å². The van der Waals surface area contributed by atoms with Crippen LogP contribution in [0.4, 0.5) is 19.2 Å². The van der Waals surface area contributed by atoms with Crippen molar-refractivity contribution >= 4 is 35.2 Å². The molecule has 5 amide bonds. The summed E-state index contributed by atoms with van der Waals surface area (Å²) >= 11 is 4.78. The summed E-state index contributed by atoms with van der Waals surface area (Å²) in [7, 11) is 0. The van der Waals surface area contributed by atoms with E-state index in [1.807, 2.05) is 4.90 Å². The van der Waals surface area contributed by atoms with Gasteiger partial charge in [-0.15, -0.1) is 11.8 Å². The van der Waals surface area contributed by atoms with E-state index in [2.05, 4.69) is 77.8 Å². The second-order valence-corrected chi connectivity index (χ2v) is 18.4. The Balaban J connectivity index is 0.000000172. The zero-order chi connectivity index (χ0) is 42.0. The Hall–Kier alpha value is -3.43. The number of piperidine rings is 2. The fourth-order valence-corrected chi connectivity index (χ4v) is 11.1. The first-order chi connectivity index (χ1) is 28.5. The fraction of sp³-hybridized carbons (Fsp3) is 0.818. The van der Waals surface area contributed by atoms with Crippen molar-refractivity contribution in [2.75, 3.05) is 65.6 Å². The van der Waals surface area contributed by atoms with Crippen molar-refractivity contribution < 1.29 is 28.7 Å². The standard InChI is InChI=1S/C22H34N4O3.C17H30N4O.C5H5ClO2/c1-3-4-15-29-21(28)24-14-11-22(2,16-24)25-12-9-17(10-13-25)26-19-8-6-5-7-18(19)23-20(26)27;1-17(8-9-18-12-17)20-10-6-13(7-11-20)21-15-5-3-2-4-14(15)19-16(21)22;1-2-3-4-8-5(6)7/h17-19H,5-16H2,1-2H3,(H,23,27);13-15,18H,2-12H2,1H3,(H,19,22);4H2,1H3/t18-,19-,22?;14-,15-,17?;/m00./s1. The number of likely N-dealkylation sites (tertiary alicyclic amines) is 3. The molecule has 2 aliphatic carbocycles. The highest BCUT2D eigenvalue weighted by molar-refractivity contribution is 6.61. The molecule has 0 aromatic carbocycles. The van der Waals surface area contributed by atoms with Gasteiger partial charge in [-0.3, -0.25) is 9.80 Å². The first kappa shape index (κ1) is 45.1. The van der Waals surface area contributed by atoms with E-state index < -0.39 is 5.43 Å². The van der Waals surface area contributed by atoms with Gasteiger partial charge in [0.25, 0.3) is 0 Å². The zero-order valence-electron chi connectivity index (χ0n) is 36.0. The lowest BCUT2D eigenvalue weighted by Gasteiger charge is -2.45. The van der Waals surface area contributed by atoms with Crippen molar-refractivity contribution in [1.29, 1.82) is 0 Å². The van der Waals surface area contributed by atoms with E-state index >= 15 is 0 Å². The Kier molecular flexibility index (Phi) is 16.0. The van der Waals surface area contributed by atoms with E-state index in [4.69, 9.17) is 16.3 Å². The number of rotatable bonds is 6. The minimum absolute atomic E-state index is 0.0128. The van der Waals surface area contributed by atoms with Gasteiger partial charge < -0.3 is 40.1 Å². The minimum atomic E-state index is -0.812. The molecule has 6 saturated heterocycles. The molecule has 0 radical (unpaired) electrons. The molecule has 6 aliphatic heterocycles. The number of carbonyl (C=O) groups excluding carboxylic acids is 4. The maximum absolute atomic E-state index is 12.6. The maximum Gasteiger partial charge on any atom is 0.410 e. The molecular weight excluding hydrogens is 772 g/mol. The van der Waals surface area contributed by atoms with Crippen LogP contribution in [0.1, 0.15) is 118 Å². The number of nitrogens with one attached hydrogen (secondary N) is 3. The largest absolute Gasteiger partial charge is 0.441 e. The number of urea groups is 2. The highest BCUT2D eigenvalue weighted by Crippen LogP contribution is 2.37. The van der Waals surface area contributed by atoms with Crippen LogP contribution in [0.2, 0.25) is 0 Å². The molecule has 0 spiro atoms. The topological polar surface area (TPSA) is 139 Å². The lowest BCUT2D eigenvalue weighted by Crippen LogP contribution is -2.56. The Bertz CT molecular complexity index is 1590. The number of fused-ring (bicyclic) bond motifs is 2. The SMILES string of the molecule is CC#CCOC(=O)Cl.CC#CCOC(=O)N1CCC(C)(N2CCC(N3C(=O)N[C@H]4CCCC[C@@H]43)CC2)C1.CC1(N2CCC(N3C(=O)N[C@H]4CCCC[C@@H]43)CC2)CCNC1. The Morgan fingerprint density at radius 3 is 1.66 bits per heavy atom. The van der Waals surface area contributed by atoms with Crippen LogP contribution in [0.15, 0.2) is 0 Å². The number of hydrogen-bond donors (Lipinski definition) is 3. The third-order valence-electron chi connectivity index (χ3n) is 14.4. The highest BCUT2D eigenvalue weighted by atomic mass is 35.5. The number of amides is 5. The van der Waals surface area contributed by atoms with Gasteiger partial charge in [0, 0.05) is 80.6 Å². The Labute approximate surface area is 357 Å². The van der Waals surface area contributed by atoms with Crippen molar-refractivity contribution in [3.05, 3.63) is 0 Å². The van der Waals surface area contributed by atoms with Crippen LogP contribution in [-0.4, -0.2) is 161 Å². The smallest absolute Gasteiger partial charge is 0.410 e. The highest BCUT2D eigenvalue weighted by Gasteiger charge is 2.48. The van der Waals surface area contributed by atoms with Crippen LogP contribution in [0.3, 0.4) is 0 Å². The molecule has 328 valence electrons. The van der Waals surface area contributed by atoms with Crippen LogP contribution < -0.4 is 16.0 Å². The summed E-state index contributed by atoms with van der Waals surface area (Å²) in [6.45, 7) is 16.2. The molecular formula is C44H69ClN8O6. The third kappa shape index (κ3) is 11.1. The van der Waals surface area contributed by atoms with E-state index in [9.17, 15) is 19.2 Å². The predicted octanol–water partition coefficient (Wildman–Crippen LogP) is 5.34. The van der Waals surface area contributed by atoms with E-state index in [0.717, 1.165) is 90.8 Å². The summed E-state index contributed by atoms with van der Waals surface area (Å²) in [4.78, 5) is 58.5.